The van der Waals surface area contributed by atoms with Crippen LogP contribution in [0.3, 0.4) is 0 Å². The molecule has 0 aliphatic carbocycles. The molecule has 1 aliphatic heterocycles. The van der Waals surface area contributed by atoms with E-state index in [1.807, 2.05) is 31.2 Å². The molecule has 1 amide bonds. The minimum absolute atomic E-state index is 0.267. The van der Waals surface area contributed by atoms with E-state index >= 15 is 0 Å². The Labute approximate surface area is 270 Å². The summed E-state index contributed by atoms with van der Waals surface area (Å²) in [7, 11) is -0.800. The molecule has 6 aromatic rings. The highest BCUT2D eigenvalue weighted by Gasteiger charge is 2.39. The lowest BCUT2D eigenvalue weighted by molar-refractivity contribution is -0.0406. The molecule has 7 rings (SSSR count). The Kier molecular flexibility index (Phi) is 6.92. The van der Waals surface area contributed by atoms with Crippen LogP contribution < -0.4 is 14.4 Å². The average Bonchev–Trinajstić information content (AvgIpc) is 3.64. The Morgan fingerprint density at radius 3 is 2.51 bits per heavy atom. The number of amides is 1. The third kappa shape index (κ3) is 4.74. The predicted molar refractivity (Wildman–Crippen MR) is 179 cm³/mol. The Balaban J connectivity index is 1.51. The highest BCUT2D eigenvalue weighted by atomic mass is 32.2. The average molecular weight is 655 g/mol. The number of hydrogen-bond donors (Lipinski definition) is 2. The van der Waals surface area contributed by atoms with Crippen molar-refractivity contribution in [3.63, 3.8) is 0 Å². The summed E-state index contributed by atoms with van der Waals surface area (Å²) in [4.78, 5) is 18.3. The van der Waals surface area contributed by atoms with Gasteiger partial charge in [0.2, 0.25) is 15.7 Å². The van der Waals surface area contributed by atoms with Crippen molar-refractivity contribution in [3.8, 4) is 39.7 Å². The number of carbonyl (C=O) groups excluding carboxylic acids is 1. The number of pyridine rings is 1. The van der Waals surface area contributed by atoms with Gasteiger partial charge in [0.1, 0.15) is 29.5 Å². The molecular formula is C35H31FN4O6S. The van der Waals surface area contributed by atoms with E-state index < -0.39 is 28.2 Å². The number of fused-ring (bicyclic) bond motifs is 6. The fraction of sp³-hybridized carbons (Fsp3) is 0.200. The molecule has 0 radical (unpaired) electrons. The van der Waals surface area contributed by atoms with Crippen LogP contribution in [0.5, 0.6) is 5.75 Å². The molecule has 4 heterocycles. The van der Waals surface area contributed by atoms with Gasteiger partial charge in [-0.05, 0) is 50.2 Å². The van der Waals surface area contributed by atoms with Gasteiger partial charge in [-0.3, -0.25) is 13.7 Å². The highest BCUT2D eigenvalue weighted by Crippen LogP contribution is 2.46. The van der Waals surface area contributed by atoms with Gasteiger partial charge >= 0.3 is 0 Å². The number of aryl methyl sites for hydroxylation is 1. The third-order valence-corrected chi connectivity index (χ3v) is 9.87. The molecule has 12 heteroatoms. The number of nitrogens with zero attached hydrogens (tertiary/aromatic N) is 3. The maximum absolute atomic E-state index is 15.0. The van der Waals surface area contributed by atoms with Crippen LogP contribution in [-0.2, 0) is 15.7 Å². The number of aliphatic hydroxyl groups excluding tert-OH is 1. The van der Waals surface area contributed by atoms with Crippen LogP contribution in [0.2, 0.25) is 0 Å². The van der Waals surface area contributed by atoms with Crippen LogP contribution in [0.25, 0.3) is 55.8 Å². The first kappa shape index (κ1) is 30.5. The molecule has 1 atom stereocenters. The molecule has 10 nitrogen and oxygen atoms in total. The summed E-state index contributed by atoms with van der Waals surface area (Å²) in [5, 5.41) is 13.9. The van der Waals surface area contributed by atoms with Crippen molar-refractivity contribution in [2.24, 2.45) is 0 Å². The number of ether oxygens (including phenoxy) is 1. The number of sulfonamides is 1. The highest BCUT2D eigenvalue weighted by molar-refractivity contribution is 7.92. The fourth-order valence-electron chi connectivity index (χ4n) is 6.16. The molecular weight excluding hydrogens is 623 g/mol. The third-order valence-electron chi connectivity index (χ3n) is 8.68. The van der Waals surface area contributed by atoms with Gasteiger partial charge in [0.25, 0.3) is 5.91 Å². The van der Waals surface area contributed by atoms with Crippen LogP contribution in [0.1, 0.15) is 22.8 Å². The normalized spacial score (nSPS) is 15.7. The second-order valence-electron chi connectivity index (χ2n) is 11.9. The van der Waals surface area contributed by atoms with E-state index in [1.54, 1.807) is 54.0 Å². The lowest BCUT2D eigenvalue weighted by atomic mass is 10.00. The van der Waals surface area contributed by atoms with Crippen LogP contribution in [0.15, 0.2) is 77.2 Å². The summed E-state index contributed by atoms with van der Waals surface area (Å²) in [6, 6.07) is 20.5. The van der Waals surface area contributed by atoms with Gasteiger partial charge in [-0.25, -0.2) is 17.8 Å². The van der Waals surface area contributed by atoms with Crippen molar-refractivity contribution < 1.29 is 31.9 Å². The summed E-state index contributed by atoms with van der Waals surface area (Å²) >= 11 is 0. The van der Waals surface area contributed by atoms with Gasteiger partial charge in [0, 0.05) is 42.1 Å². The van der Waals surface area contributed by atoms with Crippen molar-refractivity contribution in [1.29, 1.82) is 0 Å². The Bertz CT molecular complexity index is 2360. The number of aromatic nitrogens is 2. The molecule has 0 fully saturated rings. The number of halogens is 1. The van der Waals surface area contributed by atoms with Gasteiger partial charge < -0.3 is 19.6 Å². The van der Waals surface area contributed by atoms with E-state index in [2.05, 4.69) is 5.32 Å². The summed E-state index contributed by atoms with van der Waals surface area (Å²) in [6.45, 7) is 3.27. The topological polar surface area (TPSA) is 127 Å². The second-order valence-corrected chi connectivity index (χ2v) is 13.9. The summed E-state index contributed by atoms with van der Waals surface area (Å²) in [6.07, 6.45) is 1.09. The van der Waals surface area contributed by atoms with Crippen molar-refractivity contribution in [3.05, 3.63) is 89.7 Å². The molecule has 240 valence electrons. The lowest BCUT2D eigenvalue weighted by Crippen LogP contribution is -2.42. The first-order valence-electron chi connectivity index (χ1n) is 14.8. The molecule has 0 bridgehead atoms. The Hall–Kier alpha value is -5.20. The van der Waals surface area contributed by atoms with Crippen molar-refractivity contribution in [2.75, 3.05) is 31.3 Å². The van der Waals surface area contributed by atoms with E-state index in [1.165, 1.54) is 20.2 Å². The molecule has 3 aromatic carbocycles. The zero-order valence-corrected chi connectivity index (χ0v) is 27.1. The largest absolute Gasteiger partial charge is 0.463 e. The number of anilines is 1. The standard InChI is InChI=1S/C35H31FN4O6S/c1-19-9-11-20(12-10-19)33-31(34(42)37-3)23-15-22(27(17-30(23)45-33)39(4)47(5,43)44)25-13-14-29-32(38-25)28-16-21-24(36)7-6-8-26(21)40(28)35(2,18-41)46-29/h6-17,41H,18H2,1-5H3,(H,37,42). The monoisotopic (exact) mass is 654 g/mol. The molecule has 47 heavy (non-hydrogen) atoms. The number of carbonyl (C=O) groups is 1. The number of rotatable bonds is 6. The zero-order chi connectivity index (χ0) is 33.4. The number of aliphatic hydroxyl groups is 1. The van der Waals surface area contributed by atoms with Crippen molar-refractivity contribution >= 4 is 43.5 Å². The quantitative estimate of drug-likeness (QED) is 0.224. The van der Waals surface area contributed by atoms with Gasteiger partial charge in [0.15, 0.2) is 5.75 Å². The Morgan fingerprint density at radius 1 is 1.09 bits per heavy atom. The van der Waals surface area contributed by atoms with E-state index in [0.29, 0.717) is 61.6 Å². The number of nitrogens with one attached hydrogen (secondary N) is 1. The SMILES string of the molecule is CNC(=O)c1c(-c2ccc(C)cc2)oc2cc(N(C)S(C)(=O)=O)c(-c3ccc4c(n3)-c3cc5c(F)cccc5n3C(C)(CO)O4)cc12. The molecule has 3 aromatic heterocycles. The van der Waals surface area contributed by atoms with Crippen molar-refractivity contribution in [2.45, 2.75) is 19.6 Å². The maximum Gasteiger partial charge on any atom is 0.255 e. The lowest BCUT2D eigenvalue weighted by Gasteiger charge is -2.37. The molecule has 1 unspecified atom stereocenters. The predicted octanol–water partition coefficient (Wildman–Crippen LogP) is 6.04. The van der Waals surface area contributed by atoms with Gasteiger partial charge in [-0.15, -0.1) is 0 Å². The minimum atomic E-state index is -3.76. The number of furan rings is 1. The first-order chi connectivity index (χ1) is 22.3. The molecule has 1 aliphatic rings. The van der Waals surface area contributed by atoms with Crippen LogP contribution >= 0.6 is 0 Å². The van der Waals surface area contributed by atoms with E-state index in [9.17, 15) is 22.7 Å². The van der Waals surface area contributed by atoms with Gasteiger partial charge in [-0.2, -0.15) is 0 Å². The van der Waals surface area contributed by atoms with Gasteiger partial charge in [-0.1, -0.05) is 35.9 Å². The fourth-order valence-corrected chi connectivity index (χ4v) is 6.67. The van der Waals surface area contributed by atoms with Gasteiger partial charge in [0.05, 0.1) is 34.4 Å². The zero-order valence-electron chi connectivity index (χ0n) is 26.3. The minimum Gasteiger partial charge on any atom is -0.463 e. The van der Waals surface area contributed by atoms with E-state index in [-0.39, 0.29) is 17.2 Å². The first-order valence-corrected chi connectivity index (χ1v) is 16.6. The second kappa shape index (κ2) is 10.7. The van der Waals surface area contributed by atoms with Crippen LogP contribution in [0, 0.1) is 12.7 Å². The summed E-state index contributed by atoms with van der Waals surface area (Å²) < 4.78 is 56.2. The van der Waals surface area contributed by atoms with E-state index in [0.717, 1.165) is 16.1 Å². The number of hydrogen-bond acceptors (Lipinski definition) is 7. The van der Waals surface area contributed by atoms with E-state index in [4.69, 9.17) is 14.1 Å². The van der Waals surface area contributed by atoms with Crippen LogP contribution in [-0.4, -0.2) is 55.9 Å². The molecule has 2 N–H and O–H groups in total. The molecule has 0 saturated carbocycles. The summed E-state index contributed by atoms with van der Waals surface area (Å²) in [5.74, 6) is -0.116. The van der Waals surface area contributed by atoms with Crippen molar-refractivity contribution in [1.82, 2.24) is 14.9 Å². The molecule has 0 saturated heterocycles. The van der Waals surface area contributed by atoms with Crippen LogP contribution in [0.4, 0.5) is 10.1 Å². The maximum atomic E-state index is 15.0. The summed E-state index contributed by atoms with van der Waals surface area (Å²) in [5.41, 5.74) is 3.51. The molecule has 0 spiro atoms. The smallest absolute Gasteiger partial charge is 0.255 e. The Morgan fingerprint density at radius 2 is 1.83 bits per heavy atom. The number of benzene rings is 3.